The summed E-state index contributed by atoms with van der Waals surface area (Å²) in [4.78, 5) is 31.9. The number of aromatic nitrogens is 2. The van der Waals surface area contributed by atoms with E-state index in [1.807, 2.05) is 13.8 Å². The van der Waals surface area contributed by atoms with E-state index in [0.717, 1.165) is 18.5 Å². The van der Waals surface area contributed by atoms with Gasteiger partial charge in [0.05, 0.1) is 0 Å². The van der Waals surface area contributed by atoms with Crippen molar-refractivity contribution in [1.82, 2.24) is 9.97 Å². The van der Waals surface area contributed by atoms with E-state index in [4.69, 9.17) is 0 Å². The standard InChI is InChI=1S/C17H20N4O2/c1-3-4-5-15(22)20-14-8-6-13(7-9-14)16(23)21-17-18-11-10-12(2)19-17/h6-11H,3-5H2,1-2H3,(H,20,22)(H,18,19,21,23). The van der Waals surface area contributed by atoms with E-state index in [1.54, 1.807) is 36.5 Å². The van der Waals surface area contributed by atoms with Crippen LogP contribution in [0.5, 0.6) is 0 Å². The third-order valence-electron chi connectivity index (χ3n) is 3.21. The van der Waals surface area contributed by atoms with Gasteiger partial charge < -0.3 is 5.32 Å². The fourth-order valence-corrected chi connectivity index (χ4v) is 1.95. The second-order valence-electron chi connectivity index (χ2n) is 5.20. The second-order valence-corrected chi connectivity index (χ2v) is 5.20. The summed E-state index contributed by atoms with van der Waals surface area (Å²) in [6.07, 6.45) is 3.94. The maximum Gasteiger partial charge on any atom is 0.258 e. The molecule has 1 aromatic heterocycles. The van der Waals surface area contributed by atoms with Crippen LogP contribution >= 0.6 is 0 Å². The molecule has 0 aliphatic carbocycles. The molecule has 0 radical (unpaired) electrons. The number of nitrogens with zero attached hydrogens (tertiary/aromatic N) is 2. The molecule has 0 fully saturated rings. The molecule has 0 aliphatic rings. The number of aryl methyl sites for hydroxylation is 1. The van der Waals surface area contributed by atoms with Gasteiger partial charge in [-0.3, -0.25) is 14.9 Å². The summed E-state index contributed by atoms with van der Waals surface area (Å²) in [6.45, 7) is 3.87. The van der Waals surface area contributed by atoms with Gasteiger partial charge in [-0.25, -0.2) is 9.97 Å². The number of hydrogen-bond donors (Lipinski definition) is 2. The molecule has 0 atom stereocenters. The number of rotatable bonds is 6. The number of anilines is 2. The van der Waals surface area contributed by atoms with Gasteiger partial charge in [0, 0.05) is 29.6 Å². The molecule has 0 aliphatic heterocycles. The number of unbranched alkanes of at least 4 members (excludes halogenated alkanes) is 1. The average Bonchev–Trinajstić information content (AvgIpc) is 2.53. The summed E-state index contributed by atoms with van der Waals surface area (Å²) < 4.78 is 0. The third-order valence-corrected chi connectivity index (χ3v) is 3.21. The lowest BCUT2D eigenvalue weighted by molar-refractivity contribution is -0.116. The van der Waals surface area contributed by atoms with E-state index in [1.165, 1.54) is 0 Å². The van der Waals surface area contributed by atoms with Crippen molar-refractivity contribution in [1.29, 1.82) is 0 Å². The monoisotopic (exact) mass is 312 g/mol. The smallest absolute Gasteiger partial charge is 0.258 e. The summed E-state index contributed by atoms with van der Waals surface area (Å²) in [7, 11) is 0. The minimum Gasteiger partial charge on any atom is -0.326 e. The summed E-state index contributed by atoms with van der Waals surface area (Å²) in [5.41, 5.74) is 1.93. The van der Waals surface area contributed by atoms with Crippen LogP contribution in [0.25, 0.3) is 0 Å². The van der Waals surface area contributed by atoms with Crippen molar-refractivity contribution in [2.24, 2.45) is 0 Å². The second kappa shape index (κ2) is 8.03. The van der Waals surface area contributed by atoms with Crippen molar-refractivity contribution in [3.63, 3.8) is 0 Å². The fourth-order valence-electron chi connectivity index (χ4n) is 1.95. The van der Waals surface area contributed by atoms with Crippen molar-refractivity contribution in [3.8, 4) is 0 Å². The van der Waals surface area contributed by atoms with Crippen molar-refractivity contribution in [2.45, 2.75) is 33.1 Å². The van der Waals surface area contributed by atoms with Gasteiger partial charge >= 0.3 is 0 Å². The highest BCUT2D eigenvalue weighted by atomic mass is 16.2. The SMILES string of the molecule is CCCCC(=O)Nc1ccc(C(=O)Nc2nccc(C)n2)cc1. The number of nitrogens with one attached hydrogen (secondary N) is 2. The highest BCUT2D eigenvalue weighted by Crippen LogP contribution is 2.12. The number of amides is 2. The topological polar surface area (TPSA) is 84.0 Å². The molecule has 0 spiro atoms. The molecule has 1 aromatic carbocycles. The Balaban J connectivity index is 1.96. The van der Waals surface area contributed by atoms with E-state index in [0.29, 0.717) is 17.7 Å². The van der Waals surface area contributed by atoms with Crippen LogP contribution in [-0.2, 0) is 4.79 Å². The molecule has 6 nitrogen and oxygen atoms in total. The lowest BCUT2D eigenvalue weighted by Crippen LogP contribution is -2.15. The van der Waals surface area contributed by atoms with Crippen LogP contribution in [0.15, 0.2) is 36.5 Å². The zero-order valence-corrected chi connectivity index (χ0v) is 13.3. The molecule has 2 amide bonds. The van der Waals surface area contributed by atoms with Crippen LogP contribution in [0.2, 0.25) is 0 Å². The first-order valence-electron chi connectivity index (χ1n) is 7.59. The number of carbonyl (C=O) groups excluding carboxylic acids is 2. The third kappa shape index (κ3) is 5.18. The van der Waals surface area contributed by atoms with Gasteiger partial charge in [0.2, 0.25) is 11.9 Å². The first-order valence-corrected chi connectivity index (χ1v) is 7.59. The van der Waals surface area contributed by atoms with Gasteiger partial charge in [-0.15, -0.1) is 0 Å². The molecule has 2 N–H and O–H groups in total. The van der Waals surface area contributed by atoms with Crippen LogP contribution in [0, 0.1) is 6.92 Å². The van der Waals surface area contributed by atoms with Gasteiger partial charge in [-0.1, -0.05) is 13.3 Å². The van der Waals surface area contributed by atoms with E-state index in [9.17, 15) is 9.59 Å². The highest BCUT2D eigenvalue weighted by Gasteiger charge is 2.08. The first-order chi connectivity index (χ1) is 11.1. The Labute approximate surface area is 135 Å². The Morgan fingerprint density at radius 3 is 2.48 bits per heavy atom. The summed E-state index contributed by atoms with van der Waals surface area (Å²) in [5, 5.41) is 5.44. The van der Waals surface area contributed by atoms with E-state index in [2.05, 4.69) is 20.6 Å². The van der Waals surface area contributed by atoms with E-state index in [-0.39, 0.29) is 17.8 Å². The molecule has 23 heavy (non-hydrogen) atoms. The van der Waals surface area contributed by atoms with E-state index >= 15 is 0 Å². The van der Waals surface area contributed by atoms with Crippen molar-refractivity contribution in [3.05, 3.63) is 47.8 Å². The van der Waals surface area contributed by atoms with Crippen LogP contribution in [0.4, 0.5) is 11.6 Å². The van der Waals surface area contributed by atoms with Crippen LogP contribution in [0.3, 0.4) is 0 Å². The van der Waals surface area contributed by atoms with Crippen LogP contribution in [-0.4, -0.2) is 21.8 Å². The minimum absolute atomic E-state index is 0.0165. The average molecular weight is 312 g/mol. The van der Waals surface area contributed by atoms with Gasteiger partial charge in [0.25, 0.3) is 5.91 Å². The molecular formula is C17H20N4O2. The lowest BCUT2D eigenvalue weighted by Gasteiger charge is -2.07. The lowest BCUT2D eigenvalue weighted by atomic mass is 10.2. The van der Waals surface area contributed by atoms with Crippen LogP contribution < -0.4 is 10.6 Å². The molecule has 2 rings (SSSR count). The molecule has 0 saturated heterocycles. The molecule has 6 heteroatoms. The molecule has 2 aromatic rings. The van der Waals surface area contributed by atoms with Crippen molar-refractivity contribution in [2.75, 3.05) is 10.6 Å². The Morgan fingerprint density at radius 1 is 1.09 bits per heavy atom. The normalized spacial score (nSPS) is 10.2. The zero-order chi connectivity index (χ0) is 16.7. The van der Waals surface area contributed by atoms with Crippen molar-refractivity contribution < 1.29 is 9.59 Å². The predicted molar refractivity (Wildman–Crippen MR) is 89.3 cm³/mol. The summed E-state index contributed by atoms with van der Waals surface area (Å²) in [5.74, 6) is -0.0383. The Bertz CT molecular complexity index is 683. The summed E-state index contributed by atoms with van der Waals surface area (Å²) in [6, 6.07) is 8.47. The molecule has 120 valence electrons. The molecule has 1 heterocycles. The summed E-state index contributed by atoms with van der Waals surface area (Å²) >= 11 is 0. The maximum absolute atomic E-state index is 12.1. The van der Waals surface area contributed by atoms with Gasteiger partial charge in [0.1, 0.15) is 0 Å². The first kappa shape index (κ1) is 16.6. The van der Waals surface area contributed by atoms with Crippen molar-refractivity contribution >= 4 is 23.5 Å². The number of carbonyl (C=O) groups is 2. The zero-order valence-electron chi connectivity index (χ0n) is 13.3. The van der Waals surface area contributed by atoms with E-state index < -0.39 is 0 Å². The van der Waals surface area contributed by atoms with Gasteiger partial charge in [-0.05, 0) is 43.7 Å². The Morgan fingerprint density at radius 2 is 1.83 bits per heavy atom. The Kier molecular flexibility index (Phi) is 5.80. The highest BCUT2D eigenvalue weighted by molar-refractivity contribution is 6.03. The predicted octanol–water partition coefficient (Wildman–Crippen LogP) is 3.17. The number of benzene rings is 1. The van der Waals surface area contributed by atoms with Crippen LogP contribution in [0.1, 0.15) is 42.2 Å². The Hall–Kier alpha value is -2.76. The largest absolute Gasteiger partial charge is 0.326 e. The molecule has 0 unspecified atom stereocenters. The fraction of sp³-hybridized carbons (Fsp3) is 0.294. The van der Waals surface area contributed by atoms with Gasteiger partial charge in [0.15, 0.2) is 0 Å². The molecule has 0 bridgehead atoms. The molecule has 0 saturated carbocycles. The molecular weight excluding hydrogens is 292 g/mol. The quantitative estimate of drug-likeness (QED) is 0.858. The number of hydrogen-bond acceptors (Lipinski definition) is 4. The maximum atomic E-state index is 12.1. The minimum atomic E-state index is -0.292. The van der Waals surface area contributed by atoms with Gasteiger partial charge in [-0.2, -0.15) is 0 Å².